The smallest absolute Gasteiger partial charge is 0.794 e. The molecular formula is C14H15N5O6PdS. The Bertz CT molecular complexity index is 764. The molecule has 3 N–H and O–H groups in total. The van der Waals surface area contributed by atoms with Gasteiger partial charge >= 0.3 is 20.4 Å². The zero-order valence-corrected chi connectivity index (χ0v) is 15.9. The largest absolute Gasteiger partial charge is 2.00 e. The van der Waals surface area contributed by atoms with E-state index in [-0.39, 0.29) is 20.4 Å². The molecule has 3 aromatic rings. The van der Waals surface area contributed by atoms with E-state index in [0.29, 0.717) is 12.3 Å². The van der Waals surface area contributed by atoms with Gasteiger partial charge in [-0.05, 0) is 12.1 Å². The van der Waals surface area contributed by atoms with Crippen molar-refractivity contribution in [2.24, 2.45) is 0 Å². The van der Waals surface area contributed by atoms with Gasteiger partial charge in [-0.25, -0.2) is 0 Å². The number of hydrogen-bond acceptors (Lipinski definition) is 7. The van der Waals surface area contributed by atoms with Crippen molar-refractivity contribution in [2.75, 3.05) is 12.3 Å². The van der Waals surface area contributed by atoms with Crippen LogP contribution in [0.4, 0.5) is 0 Å². The Hall–Kier alpha value is -2.59. The maximum Gasteiger partial charge on any atom is 2.00 e. The topological polar surface area (TPSA) is 176 Å². The van der Waals surface area contributed by atoms with Crippen LogP contribution in [0.15, 0.2) is 48.8 Å². The van der Waals surface area contributed by atoms with Gasteiger partial charge in [-0.3, -0.25) is 9.97 Å². The summed E-state index contributed by atoms with van der Waals surface area (Å²) in [6.07, 6.45) is 3.60. The molecule has 0 atom stereocenters. The first-order valence-electron chi connectivity index (χ1n) is 6.81. The van der Waals surface area contributed by atoms with Crippen LogP contribution < -0.4 is 0 Å². The molecule has 0 fully saturated rings. The number of pyridine rings is 2. The molecule has 0 spiro atoms. The second-order valence-electron chi connectivity index (χ2n) is 4.15. The fourth-order valence-electron chi connectivity index (χ4n) is 1.68. The fraction of sp³-hybridized carbons (Fsp3) is 0.143. The minimum atomic E-state index is -1.50. The SMILES string of the molecule is O=[N+]([O-])O.O=[N+]([O-])O.[NH-]CC[S-].[Pd+2].c1cnc2c(c1)ccc1cccnc12. The molecule has 148 valence electrons. The Balaban J connectivity index is 0. The quantitative estimate of drug-likeness (QED) is 0.172. The third-order valence-corrected chi connectivity index (χ3v) is 2.65. The van der Waals surface area contributed by atoms with Gasteiger partial charge < -0.3 is 28.8 Å². The van der Waals surface area contributed by atoms with Crippen LogP contribution in [0, 0.1) is 20.2 Å². The molecule has 0 saturated carbocycles. The Morgan fingerprint density at radius 1 is 0.926 bits per heavy atom. The Kier molecular flexibility index (Phi) is 15.4. The summed E-state index contributed by atoms with van der Waals surface area (Å²) in [6.45, 7) is 0.384. The molecule has 27 heavy (non-hydrogen) atoms. The zero-order valence-electron chi connectivity index (χ0n) is 13.6. The molecule has 3 rings (SSSR count). The van der Waals surface area contributed by atoms with Crippen LogP contribution in [0.3, 0.4) is 0 Å². The van der Waals surface area contributed by atoms with Gasteiger partial charge in [0.15, 0.2) is 0 Å². The molecule has 0 radical (unpaired) electrons. The zero-order chi connectivity index (χ0) is 19.9. The number of fused-ring (bicyclic) bond motifs is 3. The summed E-state index contributed by atoms with van der Waals surface area (Å²) in [5.41, 5.74) is 8.30. The van der Waals surface area contributed by atoms with Gasteiger partial charge in [0.05, 0.1) is 11.0 Å². The van der Waals surface area contributed by atoms with E-state index in [9.17, 15) is 0 Å². The molecule has 1 aromatic carbocycles. The fourth-order valence-corrected chi connectivity index (χ4v) is 1.68. The number of nitrogens with zero attached hydrogens (tertiary/aromatic N) is 4. The second-order valence-corrected chi connectivity index (χ2v) is 4.55. The Labute approximate surface area is 172 Å². The average molecular weight is 488 g/mol. The van der Waals surface area contributed by atoms with E-state index in [1.807, 2.05) is 12.1 Å². The number of hydrogen-bond donors (Lipinski definition) is 2. The first-order chi connectivity index (χ1) is 12.3. The van der Waals surface area contributed by atoms with E-state index in [4.69, 9.17) is 36.4 Å². The normalized spacial score (nSPS) is 8.52. The van der Waals surface area contributed by atoms with Crippen LogP contribution >= 0.6 is 0 Å². The minimum absolute atomic E-state index is 0. The van der Waals surface area contributed by atoms with Crippen molar-refractivity contribution in [3.05, 3.63) is 74.8 Å². The van der Waals surface area contributed by atoms with E-state index in [1.165, 1.54) is 0 Å². The summed E-state index contributed by atoms with van der Waals surface area (Å²) in [5.74, 6) is 0.569. The van der Waals surface area contributed by atoms with Crippen molar-refractivity contribution in [1.82, 2.24) is 9.97 Å². The molecule has 2 aromatic heterocycles. The van der Waals surface area contributed by atoms with Crippen LogP contribution in [0.25, 0.3) is 27.5 Å². The molecule has 0 bridgehead atoms. The maximum absolute atomic E-state index is 8.36. The molecule has 0 saturated heterocycles. The molecule has 13 heteroatoms. The van der Waals surface area contributed by atoms with Gasteiger partial charge in [0, 0.05) is 23.2 Å². The van der Waals surface area contributed by atoms with E-state index in [0.717, 1.165) is 21.8 Å². The molecule has 11 nitrogen and oxygen atoms in total. The van der Waals surface area contributed by atoms with Crippen molar-refractivity contribution < 1.29 is 41.0 Å². The Morgan fingerprint density at radius 2 is 1.22 bits per heavy atom. The third kappa shape index (κ3) is 12.4. The first-order valence-corrected chi connectivity index (χ1v) is 7.38. The van der Waals surface area contributed by atoms with Crippen LogP contribution in [-0.4, -0.2) is 42.9 Å². The summed E-state index contributed by atoms with van der Waals surface area (Å²) in [4.78, 5) is 25.4. The van der Waals surface area contributed by atoms with E-state index >= 15 is 0 Å². The van der Waals surface area contributed by atoms with E-state index < -0.39 is 10.2 Å². The summed E-state index contributed by atoms with van der Waals surface area (Å²) in [6, 6.07) is 12.1. The standard InChI is InChI=1S/C12H8N2.C2H6NS.2HNO3.Pd/c1-3-9-5-6-10-4-2-8-14-12(10)11(9)13-7-1;3-1-2-4;2*2-1(3)4;/h1-8H;3-4H,1-2H2;2*(H,2,3,4);/q;-1;;;+2/p-1. The monoisotopic (exact) mass is 487 g/mol. The number of nitrogens with one attached hydrogen (secondary N) is 1. The van der Waals surface area contributed by atoms with Gasteiger partial charge in [0.2, 0.25) is 0 Å². The van der Waals surface area contributed by atoms with Crippen molar-refractivity contribution >= 4 is 34.4 Å². The summed E-state index contributed by atoms with van der Waals surface area (Å²) in [7, 11) is 0. The molecule has 0 unspecified atom stereocenters. The average Bonchev–Trinajstić information content (AvgIpc) is 2.61. The van der Waals surface area contributed by atoms with Gasteiger partial charge in [-0.15, -0.1) is 20.2 Å². The van der Waals surface area contributed by atoms with Gasteiger partial charge in [-0.1, -0.05) is 24.3 Å². The summed E-state index contributed by atoms with van der Waals surface area (Å²) < 4.78 is 0. The van der Waals surface area contributed by atoms with Crippen molar-refractivity contribution in [3.63, 3.8) is 0 Å². The Morgan fingerprint density at radius 3 is 1.48 bits per heavy atom. The van der Waals surface area contributed by atoms with Gasteiger partial charge in [0.1, 0.15) is 0 Å². The van der Waals surface area contributed by atoms with E-state index in [1.54, 1.807) is 12.4 Å². The number of benzene rings is 1. The molecular weight excluding hydrogens is 473 g/mol. The first kappa shape index (κ1) is 26.6. The maximum atomic E-state index is 8.36. The molecule has 0 aliphatic rings. The number of rotatable bonds is 1. The molecule has 0 aliphatic carbocycles. The third-order valence-electron chi connectivity index (χ3n) is 2.45. The predicted molar refractivity (Wildman–Crippen MR) is 96.0 cm³/mol. The summed E-state index contributed by atoms with van der Waals surface area (Å²) >= 11 is 4.37. The number of aromatic nitrogens is 2. The molecule has 0 aliphatic heterocycles. The van der Waals surface area contributed by atoms with Crippen LogP contribution in [0.2, 0.25) is 0 Å². The predicted octanol–water partition coefficient (Wildman–Crippen LogP) is 2.67. The second kappa shape index (κ2) is 15.7. The summed E-state index contributed by atoms with van der Waals surface area (Å²) in [5, 5.41) is 29.6. The van der Waals surface area contributed by atoms with Crippen LogP contribution in [-0.2, 0) is 33.1 Å². The van der Waals surface area contributed by atoms with Gasteiger partial charge in [-0.2, -0.15) is 12.3 Å². The van der Waals surface area contributed by atoms with Gasteiger partial charge in [0.25, 0.3) is 10.2 Å². The molecule has 0 amide bonds. The van der Waals surface area contributed by atoms with Crippen LogP contribution in [0.5, 0.6) is 0 Å². The van der Waals surface area contributed by atoms with Crippen molar-refractivity contribution in [2.45, 2.75) is 0 Å². The molecule has 2 heterocycles. The minimum Gasteiger partial charge on any atom is -0.794 e. The van der Waals surface area contributed by atoms with Crippen molar-refractivity contribution in [3.8, 4) is 0 Å². The van der Waals surface area contributed by atoms with E-state index in [2.05, 4.69) is 46.9 Å². The van der Waals surface area contributed by atoms with Crippen LogP contribution in [0.1, 0.15) is 0 Å². The van der Waals surface area contributed by atoms with Crippen molar-refractivity contribution in [1.29, 1.82) is 0 Å².